The van der Waals surface area contributed by atoms with Gasteiger partial charge in [0.2, 0.25) is 29.7 Å². The molecule has 0 saturated carbocycles. The average molecular weight is 1340 g/mol. The van der Waals surface area contributed by atoms with Gasteiger partial charge in [0.25, 0.3) is 0 Å². The lowest BCUT2D eigenvalue weighted by Gasteiger charge is -2.19. The normalized spacial score (nSPS) is 12.5. The Morgan fingerprint density at radius 3 is 1.24 bits per heavy atom. The van der Waals surface area contributed by atoms with E-state index in [-0.39, 0.29) is 23.3 Å². The molecule has 11 rings (SSSR count). The highest BCUT2D eigenvalue weighted by Gasteiger charge is 2.20. The second-order valence-corrected chi connectivity index (χ2v) is 24.7. The highest BCUT2D eigenvalue weighted by Crippen LogP contribution is 2.36. The third-order valence-electron chi connectivity index (χ3n) is 14.2. The van der Waals surface area contributed by atoms with E-state index in [1.165, 1.54) is 11.1 Å². The van der Waals surface area contributed by atoms with Gasteiger partial charge >= 0.3 is 0 Å². The maximum atomic E-state index is 6.25. The van der Waals surface area contributed by atoms with Gasteiger partial charge in [0.1, 0.15) is 0 Å². The molecule has 1 aliphatic rings. The quantitative estimate of drug-likeness (QED) is 0.0761. The van der Waals surface area contributed by atoms with Crippen LogP contribution in [0.5, 0.6) is 0 Å². The highest BCUT2D eigenvalue weighted by atomic mass is 35.5. The zero-order valence-electron chi connectivity index (χ0n) is 52.2. The van der Waals surface area contributed by atoms with Crippen molar-refractivity contribution in [3.8, 4) is 56.3 Å². The second kappa shape index (κ2) is 33.5. The molecule has 1 fully saturated rings. The second-order valence-electron chi connectivity index (χ2n) is 22.3. The van der Waals surface area contributed by atoms with Crippen molar-refractivity contribution in [2.24, 2.45) is 5.92 Å². The Hall–Kier alpha value is -7.80. The minimum Gasteiger partial charge on any atom is -0.381 e. The summed E-state index contributed by atoms with van der Waals surface area (Å²) in [6, 6.07) is 42.7. The molecule has 22 heteroatoms. The molecule has 1 atom stereocenters. The first-order valence-electron chi connectivity index (χ1n) is 29.7. The molecule has 0 bridgehead atoms. The zero-order chi connectivity index (χ0) is 65.9. The molecule has 1 unspecified atom stereocenters. The van der Waals surface area contributed by atoms with E-state index >= 15 is 0 Å². The van der Waals surface area contributed by atoms with E-state index in [0.717, 1.165) is 132 Å². The molecule has 5 aromatic carbocycles. The Balaban J connectivity index is 0.000000162. The smallest absolute Gasteiger partial charge is 0.220 e. The van der Waals surface area contributed by atoms with E-state index in [0.29, 0.717) is 59.3 Å². The molecular formula is C69H75Cl6N15O. The number of nitrogens with two attached hydrogens (primary N) is 5. The number of nitrogens with zero attached hydrogens (tertiary/aromatic N) is 10. The van der Waals surface area contributed by atoms with Crippen molar-refractivity contribution in [1.82, 2.24) is 49.8 Å². The summed E-state index contributed by atoms with van der Waals surface area (Å²) in [6.07, 6.45) is 6.28. The predicted molar refractivity (Wildman–Crippen MR) is 378 cm³/mol. The Morgan fingerprint density at radius 1 is 0.429 bits per heavy atom. The summed E-state index contributed by atoms with van der Waals surface area (Å²) in [5.74, 6) is 1.95. The van der Waals surface area contributed by atoms with Crippen molar-refractivity contribution in [2.75, 3.05) is 41.9 Å². The van der Waals surface area contributed by atoms with Gasteiger partial charge in [-0.25, -0.2) is 49.8 Å². The van der Waals surface area contributed by atoms with Gasteiger partial charge in [-0.3, -0.25) is 0 Å². The predicted octanol–water partition coefficient (Wildman–Crippen LogP) is 17.4. The Morgan fingerprint density at radius 2 is 0.824 bits per heavy atom. The van der Waals surface area contributed by atoms with Crippen LogP contribution in [0.1, 0.15) is 101 Å². The lowest BCUT2D eigenvalue weighted by Crippen LogP contribution is -2.10. The first-order chi connectivity index (χ1) is 43.4. The van der Waals surface area contributed by atoms with Crippen LogP contribution in [0.15, 0.2) is 133 Å². The van der Waals surface area contributed by atoms with Crippen LogP contribution >= 0.6 is 69.6 Å². The number of anilines is 5. The zero-order valence-corrected chi connectivity index (χ0v) is 56.7. The number of nitrogen functional groups attached to an aromatic ring is 5. The van der Waals surface area contributed by atoms with Gasteiger partial charge in [-0.2, -0.15) is 0 Å². The Labute approximate surface area is 563 Å². The first-order valence-corrected chi connectivity index (χ1v) is 32.0. The van der Waals surface area contributed by atoms with E-state index in [2.05, 4.69) is 147 Å². The van der Waals surface area contributed by atoms with Crippen molar-refractivity contribution >= 4 is 99.3 Å². The summed E-state index contributed by atoms with van der Waals surface area (Å²) in [6.45, 7) is 18.5. The van der Waals surface area contributed by atoms with Gasteiger partial charge < -0.3 is 33.4 Å². The van der Waals surface area contributed by atoms with Crippen molar-refractivity contribution in [3.63, 3.8) is 0 Å². The van der Waals surface area contributed by atoms with Crippen LogP contribution in [0.4, 0.5) is 29.7 Å². The molecule has 5 aromatic heterocycles. The number of hydrogen-bond acceptors (Lipinski definition) is 16. The third kappa shape index (κ3) is 20.9. The van der Waals surface area contributed by atoms with E-state index in [1.807, 2.05) is 67.6 Å². The summed E-state index contributed by atoms with van der Waals surface area (Å²) in [7, 11) is 0. The maximum absolute atomic E-state index is 6.25. The first kappa shape index (κ1) is 70.7. The van der Waals surface area contributed by atoms with Gasteiger partial charge in [0, 0.05) is 69.5 Å². The van der Waals surface area contributed by atoms with Crippen LogP contribution < -0.4 is 28.7 Å². The number of aryl methyl sites for hydroxylation is 5. The van der Waals surface area contributed by atoms with Crippen LogP contribution in [-0.2, 0) is 42.3 Å². The van der Waals surface area contributed by atoms with Crippen molar-refractivity contribution in [3.05, 3.63) is 203 Å². The van der Waals surface area contributed by atoms with Crippen LogP contribution in [0.25, 0.3) is 56.3 Å². The van der Waals surface area contributed by atoms with Crippen molar-refractivity contribution < 1.29 is 4.74 Å². The Bertz CT molecular complexity index is 4050. The lowest BCUT2D eigenvalue weighted by atomic mass is 9.86. The monoisotopic (exact) mass is 1340 g/mol. The summed E-state index contributed by atoms with van der Waals surface area (Å²) in [4.78, 5) is 42.2. The molecule has 91 heavy (non-hydrogen) atoms. The summed E-state index contributed by atoms with van der Waals surface area (Å²) >= 11 is 36.3. The number of aromatic nitrogens is 10. The van der Waals surface area contributed by atoms with Crippen molar-refractivity contribution in [2.45, 2.75) is 106 Å². The molecule has 1 aliphatic heterocycles. The summed E-state index contributed by atoms with van der Waals surface area (Å²) < 4.78 is 5.40. The lowest BCUT2D eigenvalue weighted by molar-refractivity contribution is 0.185. The molecule has 10 aromatic rings. The number of hydrogen-bond donors (Lipinski definition) is 5. The van der Waals surface area contributed by atoms with Crippen LogP contribution in [0, 0.1) is 12.8 Å². The highest BCUT2D eigenvalue weighted by molar-refractivity contribution is 6.44. The summed E-state index contributed by atoms with van der Waals surface area (Å²) in [5.41, 5.74) is 44.5. The fourth-order valence-corrected chi connectivity index (χ4v) is 10.4. The topological polar surface area (TPSA) is 268 Å². The molecule has 16 nitrogen and oxygen atoms in total. The van der Waals surface area contributed by atoms with Gasteiger partial charge in [-0.05, 0) is 117 Å². The SMILES string of the molecule is CCCc1cc(-c2cccc(Cl)c2Cl)nc(N)n1.CCc1cc(-c2ccc(C(C)(C)C)cc2)nc(N)n1.CCc1cc(-c2ccc(C)cc2)nc(N)n1.CCc1cc(-c2ccc(Cl)c(Cl)c2)nc(N)n1.Nc1nc(CC2CCOC2)cc(-c2cccc(Cl)c2Cl)n1. The molecule has 0 spiro atoms. The molecule has 0 amide bonds. The molecule has 0 radical (unpaired) electrons. The molecule has 6 heterocycles. The number of halogens is 6. The van der Waals surface area contributed by atoms with Gasteiger partial charge in [0.15, 0.2) is 0 Å². The van der Waals surface area contributed by atoms with E-state index in [9.17, 15) is 0 Å². The average Bonchev–Trinajstić information content (AvgIpc) is 3.73. The van der Waals surface area contributed by atoms with Gasteiger partial charge in [-0.15, -0.1) is 0 Å². The number of benzene rings is 5. The van der Waals surface area contributed by atoms with Crippen LogP contribution in [0.2, 0.25) is 30.1 Å². The fourth-order valence-electron chi connectivity index (χ4n) is 9.31. The molecule has 0 aliphatic carbocycles. The Kier molecular flexibility index (Phi) is 26.0. The van der Waals surface area contributed by atoms with Crippen LogP contribution in [-0.4, -0.2) is 63.1 Å². The number of ether oxygens (including phenoxy) is 1. The maximum Gasteiger partial charge on any atom is 0.220 e. The van der Waals surface area contributed by atoms with E-state index in [4.69, 9.17) is 103 Å². The molecule has 10 N–H and O–H groups in total. The van der Waals surface area contributed by atoms with Gasteiger partial charge in [0.05, 0.1) is 58.6 Å². The van der Waals surface area contributed by atoms with E-state index < -0.39 is 0 Å². The standard InChI is InChI=1S/C16H21N3.C15H15Cl2N3O.C13H13Cl2N3.C13H15N3.C12H11Cl2N3/c1-5-13-10-14(19-15(17)18-13)11-6-8-12(9-7-11)16(2,3)4;16-12-3-1-2-11(14(12)17)13-7-10(19-15(18)20-13)6-9-4-5-21-8-9;1-2-4-8-7-11(18-13(16)17-8)9-5-3-6-10(14)12(9)15;1-3-11-8-12(16-13(14)15-11)10-6-4-9(2)5-7-10;1-2-8-6-11(17-12(15)16-8)7-3-4-9(13)10(14)5-7/h6-10H,5H2,1-4H3,(H2,17,18,19);1-3,7,9H,4-6,8H2,(H2,18,19,20);3,5-7H,2,4H2,1H3,(H2,16,17,18);4-8H,3H2,1-2H3,(H2,14,15,16);3-6H,2H2,1H3,(H2,15,16,17). The van der Waals surface area contributed by atoms with E-state index in [1.54, 1.807) is 24.3 Å². The number of rotatable bonds is 12. The molecular weight excluding hydrogens is 1270 g/mol. The third-order valence-corrected chi connectivity index (χ3v) is 16.5. The minimum atomic E-state index is 0.164. The summed E-state index contributed by atoms with van der Waals surface area (Å²) in [5, 5.41) is 2.99. The van der Waals surface area contributed by atoms with Gasteiger partial charge in [-0.1, -0.05) is 209 Å². The van der Waals surface area contributed by atoms with Crippen LogP contribution in [0.3, 0.4) is 0 Å². The minimum absolute atomic E-state index is 0.164. The largest absolute Gasteiger partial charge is 0.381 e. The molecule has 474 valence electrons. The van der Waals surface area contributed by atoms with Crippen molar-refractivity contribution in [1.29, 1.82) is 0 Å². The fraction of sp³-hybridized carbons (Fsp3) is 0.275. The molecule has 1 saturated heterocycles.